The predicted octanol–water partition coefficient (Wildman–Crippen LogP) is 9.50. The van der Waals surface area contributed by atoms with Crippen LogP contribution in [-0.2, 0) is 0 Å². The van der Waals surface area contributed by atoms with E-state index < -0.39 is 0 Å². The van der Waals surface area contributed by atoms with Gasteiger partial charge in [-0.15, -0.1) is 0 Å². The molecule has 0 bridgehead atoms. The summed E-state index contributed by atoms with van der Waals surface area (Å²) in [6.07, 6.45) is 37.9. The summed E-state index contributed by atoms with van der Waals surface area (Å²) in [5, 5.41) is 0. The third kappa shape index (κ3) is 15.7. The fourth-order valence-electron chi connectivity index (χ4n) is 4.02. The van der Waals surface area contributed by atoms with Crippen molar-refractivity contribution in [1.82, 2.24) is 0 Å². The molecule has 0 unspecified atom stereocenters. The van der Waals surface area contributed by atoms with Crippen molar-refractivity contribution in [3.63, 3.8) is 0 Å². The maximum atomic E-state index is 3.42. The van der Waals surface area contributed by atoms with Crippen molar-refractivity contribution in [1.29, 1.82) is 0 Å². The minimum Gasteiger partial charge on any atom is -0.0798 e. The van der Waals surface area contributed by atoms with Crippen LogP contribution in [0.5, 0.6) is 0 Å². The van der Waals surface area contributed by atoms with Gasteiger partial charge in [-0.05, 0) is 30.9 Å². The van der Waals surface area contributed by atoms with E-state index in [4.69, 9.17) is 0 Å². The summed E-state index contributed by atoms with van der Waals surface area (Å²) in [7, 11) is 0. The highest BCUT2D eigenvalue weighted by Gasteiger charge is 1.98. The van der Waals surface area contributed by atoms with Gasteiger partial charge in [0.2, 0.25) is 0 Å². The summed E-state index contributed by atoms with van der Waals surface area (Å²) in [5.74, 6) is 0. The van der Waals surface area contributed by atoms with Crippen LogP contribution in [0, 0.1) is 6.08 Å². The zero-order valence-corrected chi connectivity index (χ0v) is 18.0. The van der Waals surface area contributed by atoms with Crippen molar-refractivity contribution in [3.05, 3.63) is 23.8 Å². The van der Waals surface area contributed by atoms with E-state index in [-0.39, 0.29) is 0 Å². The molecule has 0 aromatic carbocycles. The molecular formula is C26H47. The Balaban J connectivity index is 1.64. The Labute approximate surface area is 165 Å². The molecule has 1 aliphatic carbocycles. The van der Waals surface area contributed by atoms with E-state index in [2.05, 4.69) is 25.2 Å². The zero-order valence-electron chi connectivity index (χ0n) is 18.0. The lowest BCUT2D eigenvalue weighted by atomic mass is 10.0. The molecule has 0 heterocycles. The molecule has 0 N–H and O–H groups in total. The van der Waals surface area contributed by atoms with Crippen LogP contribution in [-0.4, -0.2) is 0 Å². The molecule has 151 valence electrons. The van der Waals surface area contributed by atoms with Gasteiger partial charge in [0.1, 0.15) is 0 Å². The lowest BCUT2D eigenvalue weighted by Crippen LogP contribution is -1.84. The number of rotatable bonds is 20. The number of hydrogen-bond acceptors (Lipinski definition) is 0. The van der Waals surface area contributed by atoms with Gasteiger partial charge in [-0.2, -0.15) is 0 Å². The zero-order chi connectivity index (χ0) is 18.5. The Morgan fingerprint density at radius 2 is 0.962 bits per heavy atom. The Morgan fingerprint density at radius 1 is 0.577 bits per heavy atom. The molecule has 1 rings (SSSR count). The van der Waals surface area contributed by atoms with Crippen LogP contribution in [0.1, 0.15) is 142 Å². The van der Waals surface area contributed by atoms with Gasteiger partial charge >= 0.3 is 0 Å². The monoisotopic (exact) mass is 359 g/mol. The smallest absolute Gasteiger partial charge is 0.00885 e. The highest BCUT2D eigenvalue weighted by atomic mass is 14.0. The first-order valence-corrected chi connectivity index (χ1v) is 12.2. The SMILES string of the molecule is CCCCCCCCCCCCCCCCCCCCCC1=[C]CC=C1. The molecule has 0 amide bonds. The Kier molecular flexibility index (Phi) is 17.4. The molecule has 0 spiro atoms. The van der Waals surface area contributed by atoms with Gasteiger partial charge in [-0.25, -0.2) is 0 Å². The van der Waals surface area contributed by atoms with Gasteiger partial charge in [0.05, 0.1) is 0 Å². The minimum absolute atomic E-state index is 1.05. The predicted molar refractivity (Wildman–Crippen MR) is 119 cm³/mol. The Bertz CT molecular complexity index is 336. The molecule has 26 heavy (non-hydrogen) atoms. The Hall–Kier alpha value is -0.520. The standard InChI is InChI=1S/C26H47/c1-2-3-4-5-6-7-8-9-10-11-12-13-14-15-16-17-18-19-20-23-26-24-21-22-25-26/h21,24H,2-20,22-23H2,1H3. The van der Waals surface area contributed by atoms with Crippen LogP contribution in [0.25, 0.3) is 0 Å². The first-order chi connectivity index (χ1) is 12.9. The minimum atomic E-state index is 1.05. The molecule has 0 atom stereocenters. The summed E-state index contributed by atoms with van der Waals surface area (Å²) in [4.78, 5) is 0. The maximum absolute atomic E-state index is 3.42. The average molecular weight is 360 g/mol. The van der Waals surface area contributed by atoms with Crippen molar-refractivity contribution in [3.8, 4) is 0 Å². The average Bonchev–Trinajstić information content (AvgIpc) is 3.17. The van der Waals surface area contributed by atoms with E-state index in [0.717, 1.165) is 6.42 Å². The topological polar surface area (TPSA) is 0 Å². The van der Waals surface area contributed by atoms with Crippen LogP contribution >= 0.6 is 0 Å². The van der Waals surface area contributed by atoms with Gasteiger partial charge in [0, 0.05) is 0 Å². The van der Waals surface area contributed by atoms with E-state index in [9.17, 15) is 0 Å². The maximum Gasteiger partial charge on any atom is -0.00885 e. The third-order valence-corrected chi connectivity index (χ3v) is 5.82. The third-order valence-electron chi connectivity index (χ3n) is 5.82. The van der Waals surface area contributed by atoms with Gasteiger partial charge < -0.3 is 0 Å². The molecule has 0 nitrogen and oxygen atoms in total. The number of unbranched alkanes of at least 4 members (excludes halogenated alkanes) is 18. The summed E-state index contributed by atoms with van der Waals surface area (Å²) in [5.41, 5.74) is 1.46. The summed E-state index contributed by atoms with van der Waals surface area (Å²) in [6.45, 7) is 2.30. The van der Waals surface area contributed by atoms with Crippen molar-refractivity contribution < 1.29 is 0 Å². The summed E-state index contributed by atoms with van der Waals surface area (Å²) in [6, 6.07) is 0. The normalized spacial score (nSPS) is 13.5. The molecule has 0 aromatic rings. The molecular weight excluding hydrogens is 312 g/mol. The molecule has 0 fully saturated rings. The quantitative estimate of drug-likeness (QED) is 0.190. The highest BCUT2D eigenvalue weighted by molar-refractivity contribution is 5.21. The summed E-state index contributed by atoms with van der Waals surface area (Å²) < 4.78 is 0. The highest BCUT2D eigenvalue weighted by Crippen LogP contribution is 2.17. The van der Waals surface area contributed by atoms with Gasteiger partial charge in [0.25, 0.3) is 0 Å². The van der Waals surface area contributed by atoms with Crippen LogP contribution < -0.4 is 0 Å². The second-order valence-electron chi connectivity index (χ2n) is 8.42. The second kappa shape index (κ2) is 19.2. The largest absolute Gasteiger partial charge is 0.0798 e. The molecule has 1 aliphatic rings. The summed E-state index contributed by atoms with van der Waals surface area (Å²) >= 11 is 0. The molecule has 1 radical (unpaired) electrons. The van der Waals surface area contributed by atoms with Gasteiger partial charge in [-0.1, -0.05) is 135 Å². The van der Waals surface area contributed by atoms with E-state index in [1.54, 1.807) is 0 Å². The van der Waals surface area contributed by atoms with Crippen molar-refractivity contribution >= 4 is 0 Å². The molecule has 0 saturated carbocycles. The van der Waals surface area contributed by atoms with Crippen LogP contribution in [0.4, 0.5) is 0 Å². The van der Waals surface area contributed by atoms with E-state index >= 15 is 0 Å². The van der Waals surface area contributed by atoms with E-state index in [0.29, 0.717) is 0 Å². The number of hydrogen-bond donors (Lipinski definition) is 0. The van der Waals surface area contributed by atoms with E-state index in [1.165, 1.54) is 134 Å². The molecule has 0 heteroatoms. The fourth-order valence-corrected chi connectivity index (χ4v) is 4.02. The van der Waals surface area contributed by atoms with Crippen molar-refractivity contribution in [2.24, 2.45) is 0 Å². The lowest BCUT2D eigenvalue weighted by Gasteiger charge is -2.04. The van der Waals surface area contributed by atoms with Gasteiger partial charge in [0.15, 0.2) is 0 Å². The van der Waals surface area contributed by atoms with Crippen molar-refractivity contribution in [2.75, 3.05) is 0 Å². The van der Waals surface area contributed by atoms with Gasteiger partial charge in [-0.3, -0.25) is 0 Å². The van der Waals surface area contributed by atoms with E-state index in [1.807, 2.05) is 0 Å². The lowest BCUT2D eigenvalue weighted by molar-refractivity contribution is 0.523. The fraction of sp³-hybridized carbons (Fsp3) is 0.846. The number of allylic oxidation sites excluding steroid dienone is 4. The second-order valence-corrected chi connectivity index (χ2v) is 8.42. The Morgan fingerprint density at radius 3 is 1.31 bits per heavy atom. The van der Waals surface area contributed by atoms with Crippen LogP contribution in [0.2, 0.25) is 0 Å². The molecule has 0 aromatic heterocycles. The molecule has 0 saturated heterocycles. The first-order valence-electron chi connectivity index (χ1n) is 12.2. The first kappa shape index (κ1) is 23.5. The van der Waals surface area contributed by atoms with Crippen LogP contribution in [0.3, 0.4) is 0 Å². The van der Waals surface area contributed by atoms with Crippen molar-refractivity contribution in [2.45, 2.75) is 142 Å². The molecule has 0 aliphatic heterocycles. The van der Waals surface area contributed by atoms with Crippen LogP contribution in [0.15, 0.2) is 17.7 Å².